The highest BCUT2D eigenvalue weighted by atomic mass is 16.4. The van der Waals surface area contributed by atoms with Gasteiger partial charge < -0.3 is 5.11 Å². The fourth-order valence-electron chi connectivity index (χ4n) is 2.53. The highest BCUT2D eigenvalue weighted by Gasteiger charge is 2.33. The molecule has 0 saturated carbocycles. The van der Waals surface area contributed by atoms with Crippen molar-refractivity contribution >= 4 is 5.97 Å². The molecule has 1 aromatic heterocycles. The summed E-state index contributed by atoms with van der Waals surface area (Å²) in [4.78, 5) is 12.9. The summed E-state index contributed by atoms with van der Waals surface area (Å²) in [5.74, 6) is -0.383. The lowest BCUT2D eigenvalue weighted by Gasteiger charge is -2.42. The molecule has 17 heavy (non-hydrogen) atoms. The van der Waals surface area contributed by atoms with E-state index in [4.69, 9.17) is 5.11 Å². The van der Waals surface area contributed by atoms with Crippen LogP contribution >= 0.6 is 0 Å². The van der Waals surface area contributed by atoms with Crippen LogP contribution in [0.25, 0.3) is 0 Å². The van der Waals surface area contributed by atoms with Gasteiger partial charge in [-0.2, -0.15) is 5.10 Å². The van der Waals surface area contributed by atoms with E-state index in [0.29, 0.717) is 12.0 Å². The minimum atomic E-state index is -0.695. The Morgan fingerprint density at radius 2 is 2.29 bits per heavy atom. The van der Waals surface area contributed by atoms with Crippen LogP contribution in [0.15, 0.2) is 6.20 Å². The molecule has 0 aliphatic carbocycles. The Balaban J connectivity index is 1.93. The first-order valence-electron chi connectivity index (χ1n) is 5.93. The summed E-state index contributed by atoms with van der Waals surface area (Å²) >= 11 is 0. The van der Waals surface area contributed by atoms with Gasteiger partial charge in [-0.3, -0.25) is 14.4 Å². The number of likely N-dealkylation sites (tertiary alicyclic amines) is 1. The van der Waals surface area contributed by atoms with Crippen LogP contribution in [-0.2, 0) is 11.8 Å². The second-order valence-electron chi connectivity index (χ2n) is 4.94. The first kappa shape index (κ1) is 12.1. The van der Waals surface area contributed by atoms with Crippen LogP contribution in [-0.4, -0.2) is 38.8 Å². The highest BCUT2D eigenvalue weighted by molar-refractivity contribution is 5.67. The van der Waals surface area contributed by atoms with E-state index >= 15 is 0 Å². The van der Waals surface area contributed by atoms with Crippen LogP contribution in [0.4, 0.5) is 0 Å². The molecule has 1 saturated heterocycles. The third-order valence-electron chi connectivity index (χ3n) is 3.50. The lowest BCUT2D eigenvalue weighted by molar-refractivity contribution is -0.139. The zero-order valence-electron chi connectivity index (χ0n) is 10.6. The van der Waals surface area contributed by atoms with Gasteiger partial charge in [0.05, 0.1) is 12.1 Å². The fourth-order valence-corrected chi connectivity index (χ4v) is 2.53. The van der Waals surface area contributed by atoms with Crippen molar-refractivity contribution in [3.05, 3.63) is 17.5 Å². The summed E-state index contributed by atoms with van der Waals surface area (Å²) in [6.45, 7) is 5.92. The Hall–Kier alpha value is -1.36. The molecule has 5 heteroatoms. The number of aryl methyl sites for hydroxylation is 2. The molecule has 1 atom stereocenters. The van der Waals surface area contributed by atoms with E-state index in [-0.39, 0.29) is 6.42 Å². The fraction of sp³-hybridized carbons (Fsp3) is 0.667. The van der Waals surface area contributed by atoms with E-state index < -0.39 is 5.97 Å². The average molecular weight is 237 g/mol. The summed E-state index contributed by atoms with van der Waals surface area (Å²) in [5.41, 5.74) is 2.29. The minimum absolute atomic E-state index is 0.287. The van der Waals surface area contributed by atoms with Gasteiger partial charge in [-0.25, -0.2) is 0 Å². The third-order valence-corrected chi connectivity index (χ3v) is 3.50. The zero-order chi connectivity index (χ0) is 12.6. The van der Waals surface area contributed by atoms with Gasteiger partial charge in [0.1, 0.15) is 0 Å². The van der Waals surface area contributed by atoms with Crippen LogP contribution in [0.5, 0.6) is 0 Å². The SMILES string of the molecule is Cc1nn(C)cc1C(C)N1CC(CC(=O)O)C1. The molecule has 0 aromatic carbocycles. The number of rotatable bonds is 4. The molecule has 0 bridgehead atoms. The number of carbonyl (C=O) groups is 1. The Morgan fingerprint density at radius 1 is 1.65 bits per heavy atom. The molecular formula is C12H19N3O2. The van der Waals surface area contributed by atoms with Gasteiger partial charge in [0.25, 0.3) is 0 Å². The molecule has 2 rings (SSSR count). The van der Waals surface area contributed by atoms with E-state index in [0.717, 1.165) is 18.8 Å². The van der Waals surface area contributed by atoms with Crippen LogP contribution in [0.1, 0.15) is 30.6 Å². The molecule has 2 heterocycles. The summed E-state index contributed by atoms with van der Waals surface area (Å²) in [7, 11) is 1.92. The van der Waals surface area contributed by atoms with E-state index in [9.17, 15) is 4.79 Å². The number of hydrogen-bond acceptors (Lipinski definition) is 3. The van der Waals surface area contributed by atoms with Gasteiger partial charge in [0, 0.05) is 37.9 Å². The molecule has 5 nitrogen and oxygen atoms in total. The number of aliphatic carboxylic acids is 1. The first-order valence-corrected chi connectivity index (χ1v) is 5.93. The van der Waals surface area contributed by atoms with Crippen LogP contribution in [0, 0.1) is 12.8 Å². The smallest absolute Gasteiger partial charge is 0.303 e. The number of aromatic nitrogens is 2. The van der Waals surface area contributed by atoms with E-state index in [1.54, 1.807) is 0 Å². The lowest BCUT2D eigenvalue weighted by Crippen LogP contribution is -2.48. The maximum absolute atomic E-state index is 10.6. The topological polar surface area (TPSA) is 58.4 Å². The summed E-state index contributed by atoms with van der Waals surface area (Å²) < 4.78 is 1.83. The van der Waals surface area contributed by atoms with Gasteiger partial charge in [0.2, 0.25) is 0 Å². The molecule has 0 amide bonds. The summed E-state index contributed by atoms with van der Waals surface area (Å²) in [6, 6.07) is 0.328. The number of hydrogen-bond donors (Lipinski definition) is 1. The quantitative estimate of drug-likeness (QED) is 0.854. The van der Waals surface area contributed by atoms with Crippen LogP contribution < -0.4 is 0 Å². The molecule has 1 unspecified atom stereocenters. The third kappa shape index (κ3) is 2.49. The van der Waals surface area contributed by atoms with Crippen molar-refractivity contribution < 1.29 is 9.90 Å². The van der Waals surface area contributed by atoms with Crippen molar-refractivity contribution in [1.82, 2.24) is 14.7 Å². The second-order valence-corrected chi connectivity index (χ2v) is 4.94. The van der Waals surface area contributed by atoms with Gasteiger partial charge >= 0.3 is 5.97 Å². The molecule has 1 aromatic rings. The number of carboxylic acid groups (broad SMARTS) is 1. The van der Waals surface area contributed by atoms with Crippen molar-refractivity contribution in [3.8, 4) is 0 Å². The second kappa shape index (κ2) is 4.49. The van der Waals surface area contributed by atoms with E-state index in [2.05, 4.69) is 16.9 Å². The monoisotopic (exact) mass is 237 g/mol. The van der Waals surface area contributed by atoms with Gasteiger partial charge in [-0.1, -0.05) is 0 Å². The Bertz CT molecular complexity index is 421. The number of carboxylic acids is 1. The van der Waals surface area contributed by atoms with E-state index in [1.807, 2.05) is 24.9 Å². The van der Waals surface area contributed by atoms with Crippen molar-refractivity contribution in [3.63, 3.8) is 0 Å². The summed E-state index contributed by atoms with van der Waals surface area (Å²) in [6.07, 6.45) is 2.33. The predicted octanol–water partition coefficient (Wildman–Crippen LogP) is 1.20. The van der Waals surface area contributed by atoms with Crippen LogP contribution in [0.3, 0.4) is 0 Å². The van der Waals surface area contributed by atoms with Gasteiger partial charge in [-0.15, -0.1) is 0 Å². The maximum atomic E-state index is 10.6. The standard InChI is InChI=1S/C12H19N3O2/c1-8-11(7-14(3)13-8)9(2)15-5-10(6-15)4-12(16)17/h7,9-10H,4-6H2,1-3H3,(H,16,17). The molecule has 1 aliphatic heterocycles. The average Bonchev–Trinajstić information content (AvgIpc) is 2.49. The molecule has 1 aliphatic rings. The number of nitrogens with zero attached hydrogens (tertiary/aromatic N) is 3. The maximum Gasteiger partial charge on any atom is 0.303 e. The van der Waals surface area contributed by atoms with E-state index in [1.165, 1.54) is 5.56 Å². The Kier molecular flexibility index (Phi) is 3.19. The van der Waals surface area contributed by atoms with Crippen molar-refractivity contribution in [2.45, 2.75) is 26.3 Å². The molecule has 94 valence electrons. The first-order chi connectivity index (χ1) is 7.97. The van der Waals surface area contributed by atoms with Crippen LogP contribution in [0.2, 0.25) is 0 Å². The summed E-state index contributed by atoms with van der Waals surface area (Å²) in [5, 5.41) is 13.0. The largest absolute Gasteiger partial charge is 0.481 e. The molecule has 0 radical (unpaired) electrons. The predicted molar refractivity (Wildman–Crippen MR) is 63.7 cm³/mol. The highest BCUT2D eigenvalue weighted by Crippen LogP contribution is 2.30. The Morgan fingerprint density at radius 3 is 2.76 bits per heavy atom. The lowest BCUT2D eigenvalue weighted by atomic mass is 9.93. The normalized spacial score (nSPS) is 19.0. The molecule has 1 fully saturated rings. The van der Waals surface area contributed by atoms with Crippen molar-refractivity contribution in [2.24, 2.45) is 13.0 Å². The Labute approximate surface area is 101 Å². The van der Waals surface area contributed by atoms with Crippen molar-refractivity contribution in [2.75, 3.05) is 13.1 Å². The van der Waals surface area contributed by atoms with Crippen molar-refractivity contribution in [1.29, 1.82) is 0 Å². The van der Waals surface area contributed by atoms with Gasteiger partial charge in [0.15, 0.2) is 0 Å². The zero-order valence-corrected chi connectivity index (χ0v) is 10.6. The molecular weight excluding hydrogens is 218 g/mol. The minimum Gasteiger partial charge on any atom is -0.481 e. The molecule has 1 N–H and O–H groups in total. The van der Waals surface area contributed by atoms with Gasteiger partial charge in [-0.05, 0) is 19.8 Å². The molecule has 0 spiro atoms.